The molecular formula is C13H15NO5S. The number of nitrogens with zero attached hydrogens (tertiary/aromatic N) is 1. The van der Waals surface area contributed by atoms with Gasteiger partial charge in [-0.15, -0.1) is 0 Å². The maximum absolute atomic E-state index is 12.3. The highest BCUT2D eigenvalue weighted by atomic mass is 32.2. The molecular weight excluding hydrogens is 282 g/mol. The summed E-state index contributed by atoms with van der Waals surface area (Å²) in [5.41, 5.74) is 0.195. The highest BCUT2D eigenvalue weighted by Crippen LogP contribution is 2.28. The molecule has 1 saturated carbocycles. The summed E-state index contributed by atoms with van der Waals surface area (Å²) in [6.45, 7) is -0.368. The first-order valence-electron chi connectivity index (χ1n) is 6.12. The van der Waals surface area contributed by atoms with Crippen molar-refractivity contribution >= 4 is 21.7 Å². The molecule has 0 heterocycles. The van der Waals surface area contributed by atoms with Gasteiger partial charge in [-0.25, -0.2) is 8.42 Å². The fourth-order valence-corrected chi connectivity index (χ4v) is 2.59. The van der Waals surface area contributed by atoms with E-state index >= 15 is 0 Å². The quantitative estimate of drug-likeness (QED) is 0.867. The SMILES string of the molecule is CS(=O)(=O)c1cccc(C(=O)N(CC(=O)O)C2CC2)c1. The first-order chi connectivity index (χ1) is 9.29. The van der Waals surface area contributed by atoms with Crippen molar-refractivity contribution in [2.75, 3.05) is 12.8 Å². The molecule has 0 spiro atoms. The summed E-state index contributed by atoms with van der Waals surface area (Å²) in [6.07, 6.45) is 2.63. The van der Waals surface area contributed by atoms with Crippen molar-refractivity contribution in [2.45, 2.75) is 23.8 Å². The van der Waals surface area contributed by atoms with Gasteiger partial charge < -0.3 is 10.0 Å². The zero-order valence-electron chi connectivity index (χ0n) is 10.9. The minimum atomic E-state index is -3.40. The van der Waals surface area contributed by atoms with E-state index in [1.54, 1.807) is 0 Å². The van der Waals surface area contributed by atoms with Crippen LogP contribution in [0.15, 0.2) is 29.2 Å². The van der Waals surface area contributed by atoms with Crippen molar-refractivity contribution < 1.29 is 23.1 Å². The lowest BCUT2D eigenvalue weighted by molar-refractivity contribution is -0.137. The van der Waals surface area contributed by atoms with Crippen LogP contribution >= 0.6 is 0 Å². The van der Waals surface area contributed by atoms with Crippen molar-refractivity contribution in [3.63, 3.8) is 0 Å². The van der Waals surface area contributed by atoms with Crippen molar-refractivity contribution in [2.24, 2.45) is 0 Å². The van der Waals surface area contributed by atoms with Crippen LogP contribution in [0.25, 0.3) is 0 Å². The Morgan fingerprint density at radius 1 is 1.35 bits per heavy atom. The average molecular weight is 297 g/mol. The summed E-state index contributed by atoms with van der Waals surface area (Å²) in [6, 6.07) is 5.61. The molecule has 2 rings (SSSR count). The van der Waals surface area contributed by atoms with Gasteiger partial charge in [0.05, 0.1) is 4.90 Å². The Hall–Kier alpha value is -1.89. The third-order valence-electron chi connectivity index (χ3n) is 3.06. The van der Waals surface area contributed by atoms with E-state index in [4.69, 9.17) is 5.11 Å². The smallest absolute Gasteiger partial charge is 0.323 e. The fraction of sp³-hybridized carbons (Fsp3) is 0.385. The molecule has 1 N–H and O–H groups in total. The average Bonchev–Trinajstić information content (AvgIpc) is 3.18. The Balaban J connectivity index is 2.29. The maximum atomic E-state index is 12.3. The zero-order valence-corrected chi connectivity index (χ0v) is 11.8. The Morgan fingerprint density at radius 3 is 2.50 bits per heavy atom. The van der Waals surface area contributed by atoms with Gasteiger partial charge in [0.25, 0.3) is 5.91 Å². The Morgan fingerprint density at radius 2 is 2.00 bits per heavy atom. The minimum Gasteiger partial charge on any atom is -0.480 e. The summed E-state index contributed by atoms with van der Waals surface area (Å²) in [5.74, 6) is -1.52. The number of benzene rings is 1. The van der Waals surface area contributed by atoms with Crippen LogP contribution in [0.2, 0.25) is 0 Å². The first-order valence-corrected chi connectivity index (χ1v) is 8.01. The molecule has 0 bridgehead atoms. The molecule has 1 aromatic rings. The maximum Gasteiger partial charge on any atom is 0.323 e. The number of carboxylic acids is 1. The number of carbonyl (C=O) groups excluding carboxylic acids is 1. The summed E-state index contributed by atoms with van der Waals surface area (Å²) in [4.78, 5) is 24.5. The molecule has 7 heteroatoms. The number of sulfone groups is 1. The largest absolute Gasteiger partial charge is 0.480 e. The van der Waals surface area contributed by atoms with E-state index < -0.39 is 21.7 Å². The number of carboxylic acid groups (broad SMARTS) is 1. The molecule has 1 fully saturated rings. The van der Waals surface area contributed by atoms with Crippen molar-refractivity contribution in [3.8, 4) is 0 Å². The van der Waals surface area contributed by atoms with Crippen LogP contribution in [-0.2, 0) is 14.6 Å². The molecule has 0 saturated heterocycles. The number of hydrogen-bond acceptors (Lipinski definition) is 4. The number of carbonyl (C=O) groups is 2. The van der Waals surface area contributed by atoms with Gasteiger partial charge in [-0.05, 0) is 31.0 Å². The van der Waals surface area contributed by atoms with Gasteiger partial charge in [-0.3, -0.25) is 9.59 Å². The first kappa shape index (κ1) is 14.5. The predicted molar refractivity (Wildman–Crippen MR) is 71.2 cm³/mol. The van der Waals surface area contributed by atoms with Crippen LogP contribution in [-0.4, -0.2) is 49.1 Å². The molecule has 1 amide bonds. The van der Waals surface area contributed by atoms with E-state index in [0.717, 1.165) is 19.1 Å². The molecule has 0 aromatic heterocycles. The molecule has 20 heavy (non-hydrogen) atoms. The van der Waals surface area contributed by atoms with Crippen LogP contribution < -0.4 is 0 Å². The zero-order chi connectivity index (χ0) is 14.9. The second-order valence-electron chi connectivity index (χ2n) is 4.86. The highest BCUT2D eigenvalue weighted by Gasteiger charge is 2.34. The number of amides is 1. The predicted octanol–water partition coefficient (Wildman–Crippen LogP) is 0.779. The molecule has 1 aliphatic rings. The molecule has 0 unspecified atom stereocenters. The van der Waals surface area contributed by atoms with Gasteiger partial charge in [0, 0.05) is 17.9 Å². The Bertz CT molecular complexity index is 648. The van der Waals surface area contributed by atoms with Crippen molar-refractivity contribution in [3.05, 3.63) is 29.8 Å². The Labute approximate surface area is 116 Å². The van der Waals surface area contributed by atoms with E-state index in [1.165, 1.54) is 29.2 Å². The topological polar surface area (TPSA) is 91.8 Å². The highest BCUT2D eigenvalue weighted by molar-refractivity contribution is 7.90. The number of aliphatic carboxylic acids is 1. The van der Waals surface area contributed by atoms with Crippen LogP contribution in [0.3, 0.4) is 0 Å². The van der Waals surface area contributed by atoms with Gasteiger partial charge in [-0.1, -0.05) is 6.07 Å². The summed E-state index contributed by atoms with van der Waals surface area (Å²) in [5, 5.41) is 8.85. The lowest BCUT2D eigenvalue weighted by atomic mass is 10.2. The molecule has 0 radical (unpaired) electrons. The summed E-state index contributed by atoms with van der Waals surface area (Å²) in [7, 11) is -3.40. The van der Waals surface area contributed by atoms with E-state index in [2.05, 4.69) is 0 Å². The normalized spacial score (nSPS) is 14.8. The molecule has 0 aliphatic heterocycles. The molecule has 108 valence electrons. The molecule has 6 nitrogen and oxygen atoms in total. The van der Waals surface area contributed by atoms with Crippen molar-refractivity contribution in [1.29, 1.82) is 0 Å². The van der Waals surface area contributed by atoms with Crippen LogP contribution in [0.4, 0.5) is 0 Å². The van der Waals surface area contributed by atoms with E-state index in [0.29, 0.717) is 0 Å². The summed E-state index contributed by atoms with van der Waals surface area (Å²) < 4.78 is 23.0. The van der Waals surface area contributed by atoms with Gasteiger partial charge in [0.2, 0.25) is 0 Å². The lowest BCUT2D eigenvalue weighted by Crippen LogP contribution is -2.37. The summed E-state index contributed by atoms with van der Waals surface area (Å²) >= 11 is 0. The molecule has 0 atom stereocenters. The second kappa shape index (κ2) is 5.24. The standard InChI is InChI=1S/C13H15NO5S/c1-20(18,19)11-4-2-3-9(7-11)13(17)14(8-12(15)16)10-5-6-10/h2-4,7,10H,5-6,8H2,1H3,(H,15,16). The third-order valence-corrected chi connectivity index (χ3v) is 4.17. The molecule has 1 aliphatic carbocycles. The van der Waals surface area contributed by atoms with E-state index in [-0.39, 0.29) is 23.0 Å². The van der Waals surface area contributed by atoms with Gasteiger partial charge in [0.1, 0.15) is 6.54 Å². The van der Waals surface area contributed by atoms with Gasteiger partial charge in [0.15, 0.2) is 9.84 Å². The monoisotopic (exact) mass is 297 g/mol. The van der Waals surface area contributed by atoms with E-state index in [9.17, 15) is 18.0 Å². The second-order valence-corrected chi connectivity index (χ2v) is 6.87. The van der Waals surface area contributed by atoms with Crippen LogP contribution in [0, 0.1) is 0 Å². The Kier molecular flexibility index (Phi) is 3.80. The van der Waals surface area contributed by atoms with Gasteiger partial charge in [-0.2, -0.15) is 0 Å². The van der Waals surface area contributed by atoms with Crippen molar-refractivity contribution in [1.82, 2.24) is 4.90 Å². The third kappa shape index (κ3) is 3.36. The lowest BCUT2D eigenvalue weighted by Gasteiger charge is -2.20. The van der Waals surface area contributed by atoms with Gasteiger partial charge >= 0.3 is 5.97 Å². The molecule has 1 aromatic carbocycles. The fourth-order valence-electron chi connectivity index (χ4n) is 1.92. The van der Waals surface area contributed by atoms with Crippen LogP contribution in [0.5, 0.6) is 0 Å². The van der Waals surface area contributed by atoms with Crippen LogP contribution in [0.1, 0.15) is 23.2 Å². The number of hydrogen-bond donors (Lipinski definition) is 1. The minimum absolute atomic E-state index is 0.0504. The van der Waals surface area contributed by atoms with E-state index in [1.807, 2.05) is 0 Å². The number of rotatable bonds is 5.